The zero-order valence-corrected chi connectivity index (χ0v) is 32.6. The Bertz CT molecular complexity index is 3250. The van der Waals surface area contributed by atoms with Crippen LogP contribution in [-0.4, -0.2) is 9.97 Å². The van der Waals surface area contributed by atoms with Crippen LogP contribution < -0.4 is 4.74 Å². The van der Waals surface area contributed by atoms with E-state index >= 15 is 0 Å². The summed E-state index contributed by atoms with van der Waals surface area (Å²) >= 11 is 0. The van der Waals surface area contributed by atoms with Crippen LogP contribution in [0, 0.1) is 0 Å². The summed E-state index contributed by atoms with van der Waals surface area (Å²) in [6, 6.07) is 77.8. The predicted octanol–water partition coefficient (Wildman–Crippen LogP) is 14.4. The number of fused-ring (bicyclic) bond motifs is 10. The minimum atomic E-state index is -0.558. The Morgan fingerprint density at radius 3 is 1.50 bits per heavy atom. The van der Waals surface area contributed by atoms with Crippen molar-refractivity contribution in [1.29, 1.82) is 0 Å². The van der Waals surface area contributed by atoms with Crippen LogP contribution in [0.1, 0.15) is 22.3 Å². The first-order chi connectivity index (χ1) is 29.8. The third kappa shape index (κ3) is 5.16. The fraction of sp³-hybridized carbons (Fsp3) is 0.0175. The van der Waals surface area contributed by atoms with Gasteiger partial charge in [-0.2, -0.15) is 0 Å². The molecule has 1 aliphatic heterocycles. The summed E-state index contributed by atoms with van der Waals surface area (Å²) in [5.74, 6) is 2.43. The van der Waals surface area contributed by atoms with E-state index in [0.29, 0.717) is 5.82 Å². The first kappa shape index (κ1) is 34.2. The Balaban J connectivity index is 1.07. The lowest BCUT2D eigenvalue weighted by molar-refractivity contribution is 0.436. The van der Waals surface area contributed by atoms with E-state index in [2.05, 4.69) is 200 Å². The first-order valence-electron chi connectivity index (χ1n) is 20.5. The molecule has 0 bridgehead atoms. The van der Waals surface area contributed by atoms with Gasteiger partial charge in [0.25, 0.3) is 0 Å². The third-order valence-electron chi connectivity index (χ3n) is 12.4. The molecule has 0 saturated carbocycles. The molecule has 3 nitrogen and oxygen atoms in total. The molecule has 0 fully saturated rings. The SMILES string of the molecule is c1ccc(-c2nc(-c3ccccc3-c3ccc4c(c3)C3(c5ccccc5O4)c4ccccc4-c4ccccc43)cc(-c3ccc(-c4ccccc4)c4ccccc34)n2)cc1. The number of ether oxygens (including phenoxy) is 1. The fourth-order valence-corrected chi connectivity index (χ4v) is 9.81. The molecule has 12 rings (SSSR count). The topological polar surface area (TPSA) is 35.0 Å². The highest BCUT2D eigenvalue weighted by atomic mass is 16.5. The summed E-state index contributed by atoms with van der Waals surface area (Å²) in [5.41, 5.74) is 16.1. The van der Waals surface area contributed by atoms with E-state index in [-0.39, 0.29) is 0 Å². The molecule has 0 radical (unpaired) electrons. The van der Waals surface area contributed by atoms with Crippen LogP contribution >= 0.6 is 0 Å². The molecule has 0 amide bonds. The number of aromatic nitrogens is 2. The van der Waals surface area contributed by atoms with Gasteiger partial charge in [0.15, 0.2) is 5.82 Å². The lowest BCUT2D eigenvalue weighted by atomic mass is 9.65. The van der Waals surface area contributed by atoms with Gasteiger partial charge in [-0.3, -0.25) is 0 Å². The van der Waals surface area contributed by atoms with E-state index in [9.17, 15) is 0 Å². The van der Waals surface area contributed by atoms with Crippen molar-refractivity contribution in [2.75, 3.05) is 0 Å². The predicted molar refractivity (Wildman–Crippen MR) is 244 cm³/mol. The minimum Gasteiger partial charge on any atom is -0.457 e. The van der Waals surface area contributed by atoms with Gasteiger partial charge >= 0.3 is 0 Å². The van der Waals surface area contributed by atoms with Crippen molar-refractivity contribution in [3.8, 4) is 78.8 Å². The maximum atomic E-state index is 6.78. The van der Waals surface area contributed by atoms with Crippen molar-refractivity contribution in [1.82, 2.24) is 9.97 Å². The second-order valence-corrected chi connectivity index (χ2v) is 15.6. The Morgan fingerprint density at radius 1 is 0.300 bits per heavy atom. The van der Waals surface area contributed by atoms with Crippen molar-refractivity contribution in [2.24, 2.45) is 0 Å². The number of hydrogen-bond acceptors (Lipinski definition) is 3. The lowest BCUT2D eigenvalue weighted by Crippen LogP contribution is -2.32. The van der Waals surface area contributed by atoms with E-state index in [1.54, 1.807) is 0 Å². The molecule has 60 heavy (non-hydrogen) atoms. The van der Waals surface area contributed by atoms with Crippen molar-refractivity contribution < 1.29 is 4.74 Å². The molecule has 2 aliphatic rings. The lowest BCUT2D eigenvalue weighted by Gasteiger charge is -2.39. The zero-order valence-electron chi connectivity index (χ0n) is 32.6. The minimum absolute atomic E-state index is 0.558. The smallest absolute Gasteiger partial charge is 0.160 e. The van der Waals surface area contributed by atoms with Gasteiger partial charge < -0.3 is 4.74 Å². The highest BCUT2D eigenvalue weighted by Crippen LogP contribution is 2.62. The molecular formula is C57H36N2O. The normalized spacial score (nSPS) is 12.9. The third-order valence-corrected chi connectivity index (χ3v) is 12.4. The van der Waals surface area contributed by atoms with Gasteiger partial charge in [0.1, 0.15) is 11.5 Å². The maximum absolute atomic E-state index is 6.78. The molecule has 0 N–H and O–H groups in total. The second kappa shape index (κ2) is 13.6. The molecule has 1 aliphatic carbocycles. The Labute approximate surface area is 348 Å². The molecule has 1 spiro atoms. The van der Waals surface area contributed by atoms with Crippen LogP contribution in [-0.2, 0) is 5.41 Å². The quantitative estimate of drug-likeness (QED) is 0.175. The van der Waals surface area contributed by atoms with Crippen molar-refractivity contribution in [3.05, 3.63) is 241 Å². The van der Waals surface area contributed by atoms with Crippen LogP contribution in [0.2, 0.25) is 0 Å². The summed E-state index contributed by atoms with van der Waals surface area (Å²) in [6.07, 6.45) is 0. The van der Waals surface area contributed by atoms with Gasteiger partial charge in [0.2, 0.25) is 0 Å². The van der Waals surface area contributed by atoms with Crippen molar-refractivity contribution in [3.63, 3.8) is 0 Å². The molecule has 0 unspecified atom stereocenters. The molecule has 10 aromatic rings. The van der Waals surface area contributed by atoms with Gasteiger partial charge in [-0.25, -0.2) is 9.97 Å². The van der Waals surface area contributed by atoms with Gasteiger partial charge in [0, 0.05) is 27.8 Å². The summed E-state index contributed by atoms with van der Waals surface area (Å²) in [4.78, 5) is 10.6. The van der Waals surface area contributed by atoms with Gasteiger partial charge in [0.05, 0.1) is 16.8 Å². The van der Waals surface area contributed by atoms with E-state index in [1.807, 2.05) is 18.2 Å². The van der Waals surface area contributed by atoms with Gasteiger partial charge in [-0.1, -0.05) is 194 Å². The van der Waals surface area contributed by atoms with E-state index in [4.69, 9.17) is 14.7 Å². The van der Waals surface area contributed by atoms with Gasteiger partial charge in [-0.05, 0) is 79.5 Å². The van der Waals surface area contributed by atoms with E-state index < -0.39 is 5.41 Å². The average Bonchev–Trinajstić information content (AvgIpc) is 3.62. The summed E-state index contributed by atoms with van der Waals surface area (Å²) in [5, 5.41) is 2.33. The fourth-order valence-electron chi connectivity index (χ4n) is 9.81. The number of nitrogens with zero attached hydrogens (tertiary/aromatic N) is 2. The molecule has 0 saturated heterocycles. The monoisotopic (exact) mass is 764 g/mol. The molecule has 3 heteroatoms. The first-order valence-corrected chi connectivity index (χ1v) is 20.5. The molecular weight excluding hydrogens is 729 g/mol. The molecule has 2 heterocycles. The van der Waals surface area contributed by atoms with Crippen LogP contribution in [0.15, 0.2) is 218 Å². The Morgan fingerprint density at radius 2 is 0.800 bits per heavy atom. The van der Waals surface area contributed by atoms with Gasteiger partial charge in [-0.15, -0.1) is 0 Å². The molecule has 0 atom stereocenters. The van der Waals surface area contributed by atoms with Crippen LogP contribution in [0.3, 0.4) is 0 Å². The van der Waals surface area contributed by atoms with Crippen molar-refractivity contribution >= 4 is 10.8 Å². The standard InChI is InChI=1S/C57H36N2O/c1-3-17-37(18-4-1)41-32-33-47(43-23-9-8-22-42(41)43)53-36-52(58-56(59-53)38-19-5-2-6-20-38)46-26-10-7-21-40(46)39-31-34-55-51(35-39)57(50-29-15-16-30-54(50)60-55)48-27-13-11-24-44(48)45-25-12-14-28-49(45)57/h1-36H. The van der Waals surface area contributed by atoms with Crippen LogP contribution in [0.5, 0.6) is 11.5 Å². The Kier molecular flexibility index (Phi) is 7.76. The number of rotatable bonds is 5. The summed E-state index contributed by atoms with van der Waals surface area (Å²) < 4.78 is 6.78. The molecule has 1 aromatic heterocycles. The molecule has 9 aromatic carbocycles. The van der Waals surface area contributed by atoms with Crippen LogP contribution in [0.4, 0.5) is 0 Å². The highest BCUT2D eigenvalue weighted by Gasteiger charge is 2.51. The largest absolute Gasteiger partial charge is 0.457 e. The van der Waals surface area contributed by atoms with Crippen LogP contribution in [0.25, 0.3) is 78.1 Å². The number of hydrogen-bond donors (Lipinski definition) is 0. The summed E-state index contributed by atoms with van der Waals surface area (Å²) in [7, 11) is 0. The number of benzene rings is 9. The molecule has 280 valence electrons. The average molecular weight is 765 g/mol. The van der Waals surface area contributed by atoms with E-state index in [1.165, 1.54) is 38.8 Å². The Hall–Kier alpha value is -7.88. The number of para-hydroxylation sites is 1. The summed E-state index contributed by atoms with van der Waals surface area (Å²) in [6.45, 7) is 0. The van der Waals surface area contributed by atoms with E-state index in [0.717, 1.165) is 67.2 Å². The maximum Gasteiger partial charge on any atom is 0.160 e. The zero-order chi connectivity index (χ0) is 39.6. The highest BCUT2D eigenvalue weighted by molar-refractivity contribution is 6.05. The van der Waals surface area contributed by atoms with Crippen molar-refractivity contribution in [2.45, 2.75) is 5.41 Å². The second-order valence-electron chi connectivity index (χ2n) is 15.6.